The molecule has 3 rings (SSSR count). The molecule has 0 aliphatic carbocycles. The average Bonchev–Trinajstić information content (AvgIpc) is 3.03. The standard InChI is InChI=1S/C20H27N3OS2/c1-13(16-5-4-8-21-11-16)10-19(24)23-18-7-6-17(9-14(18)2)26-20-22-15(3)12-25-20/h6-7,9,12-13,16,21H,4-5,8,10-11H2,1-3H3,(H,23,24). The SMILES string of the molecule is Cc1csc(Sc2ccc(NC(=O)CC(C)C3CCCNC3)c(C)c2)n1. The van der Waals surface area contributed by atoms with Crippen LogP contribution in [0.2, 0.25) is 0 Å². The summed E-state index contributed by atoms with van der Waals surface area (Å²) in [4.78, 5) is 18.1. The summed E-state index contributed by atoms with van der Waals surface area (Å²) in [5.74, 6) is 1.13. The van der Waals surface area contributed by atoms with Gasteiger partial charge >= 0.3 is 0 Å². The molecule has 26 heavy (non-hydrogen) atoms. The number of carbonyl (C=O) groups is 1. The normalized spacial score (nSPS) is 18.5. The molecule has 0 bridgehead atoms. The van der Waals surface area contributed by atoms with Crippen LogP contribution < -0.4 is 10.6 Å². The lowest BCUT2D eigenvalue weighted by Crippen LogP contribution is -2.34. The van der Waals surface area contributed by atoms with Gasteiger partial charge in [0.05, 0.1) is 0 Å². The van der Waals surface area contributed by atoms with Gasteiger partial charge in [-0.05, 0) is 75.4 Å². The van der Waals surface area contributed by atoms with E-state index in [1.807, 2.05) is 19.9 Å². The van der Waals surface area contributed by atoms with Crippen LogP contribution in [0.1, 0.15) is 37.4 Å². The number of thiazole rings is 1. The highest BCUT2D eigenvalue weighted by atomic mass is 32.2. The number of aryl methyl sites for hydroxylation is 2. The molecular formula is C20H27N3OS2. The van der Waals surface area contributed by atoms with E-state index in [1.54, 1.807) is 23.1 Å². The van der Waals surface area contributed by atoms with Gasteiger partial charge in [-0.3, -0.25) is 4.79 Å². The molecule has 1 aliphatic rings. The molecule has 140 valence electrons. The van der Waals surface area contributed by atoms with Gasteiger partial charge in [-0.15, -0.1) is 11.3 Å². The second-order valence-corrected chi connectivity index (χ2v) is 9.35. The fourth-order valence-electron chi connectivity index (χ4n) is 3.34. The van der Waals surface area contributed by atoms with Crippen molar-refractivity contribution in [2.24, 2.45) is 11.8 Å². The second kappa shape index (κ2) is 9.02. The van der Waals surface area contributed by atoms with Gasteiger partial charge < -0.3 is 10.6 Å². The quantitative estimate of drug-likeness (QED) is 0.740. The van der Waals surface area contributed by atoms with Gasteiger partial charge in [-0.1, -0.05) is 18.7 Å². The molecule has 2 N–H and O–H groups in total. The Bertz CT molecular complexity index is 753. The van der Waals surface area contributed by atoms with Gasteiger partial charge in [-0.25, -0.2) is 4.98 Å². The van der Waals surface area contributed by atoms with E-state index in [0.717, 1.165) is 39.3 Å². The first-order valence-corrected chi connectivity index (χ1v) is 10.9. The number of rotatable bonds is 6. The lowest BCUT2D eigenvalue weighted by molar-refractivity contribution is -0.117. The van der Waals surface area contributed by atoms with E-state index >= 15 is 0 Å². The molecule has 6 heteroatoms. The van der Waals surface area contributed by atoms with Crippen LogP contribution in [0.25, 0.3) is 0 Å². The first kappa shape index (κ1) is 19.4. The molecule has 2 heterocycles. The maximum absolute atomic E-state index is 12.5. The fourth-order valence-corrected chi connectivity index (χ4v) is 5.25. The number of piperidine rings is 1. The molecule has 1 amide bonds. The smallest absolute Gasteiger partial charge is 0.224 e. The first-order valence-electron chi connectivity index (χ1n) is 9.22. The van der Waals surface area contributed by atoms with Crippen molar-refractivity contribution in [1.29, 1.82) is 0 Å². The summed E-state index contributed by atoms with van der Waals surface area (Å²) in [7, 11) is 0. The van der Waals surface area contributed by atoms with Gasteiger partial charge in [0.25, 0.3) is 0 Å². The van der Waals surface area contributed by atoms with Gasteiger partial charge in [0, 0.05) is 28.1 Å². The molecule has 2 unspecified atom stereocenters. The Kier molecular flexibility index (Phi) is 6.73. The van der Waals surface area contributed by atoms with Crippen molar-refractivity contribution in [3.05, 3.63) is 34.8 Å². The third-order valence-corrected chi connectivity index (χ3v) is 6.97. The number of carbonyl (C=O) groups excluding carboxylic acids is 1. The van der Waals surface area contributed by atoms with E-state index < -0.39 is 0 Å². The van der Waals surface area contributed by atoms with Crippen molar-refractivity contribution in [3.63, 3.8) is 0 Å². The fraction of sp³-hybridized carbons (Fsp3) is 0.500. The maximum atomic E-state index is 12.5. The van der Waals surface area contributed by atoms with Crippen molar-refractivity contribution in [2.45, 2.75) is 49.3 Å². The predicted octanol–water partition coefficient (Wildman–Crippen LogP) is 4.88. The van der Waals surface area contributed by atoms with Crippen molar-refractivity contribution < 1.29 is 4.79 Å². The molecule has 0 radical (unpaired) electrons. The van der Waals surface area contributed by atoms with Crippen molar-refractivity contribution >= 4 is 34.7 Å². The number of aromatic nitrogens is 1. The van der Waals surface area contributed by atoms with Crippen LogP contribution in [-0.2, 0) is 4.79 Å². The van der Waals surface area contributed by atoms with Crippen LogP contribution in [0, 0.1) is 25.7 Å². The van der Waals surface area contributed by atoms with E-state index in [0.29, 0.717) is 18.3 Å². The highest BCUT2D eigenvalue weighted by Crippen LogP contribution is 2.32. The minimum Gasteiger partial charge on any atom is -0.326 e. The van der Waals surface area contributed by atoms with Crippen LogP contribution in [0.4, 0.5) is 5.69 Å². The van der Waals surface area contributed by atoms with Crippen LogP contribution in [0.3, 0.4) is 0 Å². The van der Waals surface area contributed by atoms with E-state index in [1.165, 1.54) is 12.8 Å². The Morgan fingerprint density at radius 2 is 2.31 bits per heavy atom. The van der Waals surface area contributed by atoms with E-state index in [2.05, 4.69) is 40.1 Å². The topological polar surface area (TPSA) is 54.0 Å². The zero-order valence-electron chi connectivity index (χ0n) is 15.7. The highest BCUT2D eigenvalue weighted by Gasteiger charge is 2.22. The maximum Gasteiger partial charge on any atom is 0.224 e. The van der Waals surface area contributed by atoms with E-state index in [-0.39, 0.29) is 5.91 Å². The van der Waals surface area contributed by atoms with Crippen molar-refractivity contribution in [1.82, 2.24) is 10.3 Å². The third kappa shape index (κ3) is 5.32. The molecular weight excluding hydrogens is 362 g/mol. The summed E-state index contributed by atoms with van der Waals surface area (Å²) in [6.45, 7) is 8.39. The third-order valence-electron chi connectivity index (χ3n) is 4.92. The van der Waals surface area contributed by atoms with Gasteiger partial charge in [0.2, 0.25) is 5.91 Å². The molecule has 0 saturated carbocycles. The molecule has 1 fully saturated rings. The molecule has 2 atom stereocenters. The Labute approximate surface area is 164 Å². The van der Waals surface area contributed by atoms with Crippen molar-refractivity contribution in [2.75, 3.05) is 18.4 Å². The van der Waals surface area contributed by atoms with Crippen LogP contribution in [0.5, 0.6) is 0 Å². The summed E-state index contributed by atoms with van der Waals surface area (Å²) in [5.41, 5.74) is 3.05. The largest absolute Gasteiger partial charge is 0.326 e. The number of amides is 1. The Morgan fingerprint density at radius 3 is 2.96 bits per heavy atom. The van der Waals surface area contributed by atoms with Gasteiger partial charge in [0.15, 0.2) is 4.34 Å². The summed E-state index contributed by atoms with van der Waals surface area (Å²) in [6.07, 6.45) is 3.02. The van der Waals surface area contributed by atoms with Crippen LogP contribution in [0.15, 0.2) is 32.8 Å². The molecule has 1 aromatic carbocycles. The molecule has 1 aromatic heterocycles. The predicted molar refractivity (Wildman–Crippen MR) is 110 cm³/mol. The minimum atomic E-state index is 0.113. The number of benzene rings is 1. The molecule has 1 aliphatic heterocycles. The Hall–Kier alpha value is -1.37. The van der Waals surface area contributed by atoms with Crippen LogP contribution >= 0.6 is 23.1 Å². The minimum absolute atomic E-state index is 0.113. The Morgan fingerprint density at radius 1 is 1.46 bits per heavy atom. The van der Waals surface area contributed by atoms with Crippen molar-refractivity contribution in [3.8, 4) is 0 Å². The Balaban J connectivity index is 1.56. The molecule has 4 nitrogen and oxygen atoms in total. The number of hydrogen-bond donors (Lipinski definition) is 2. The summed E-state index contributed by atoms with van der Waals surface area (Å²) in [5, 5.41) is 8.59. The highest BCUT2D eigenvalue weighted by molar-refractivity contribution is 8.01. The number of hydrogen-bond acceptors (Lipinski definition) is 5. The van der Waals surface area contributed by atoms with E-state index in [4.69, 9.17) is 0 Å². The van der Waals surface area contributed by atoms with E-state index in [9.17, 15) is 4.79 Å². The molecule has 1 saturated heterocycles. The summed E-state index contributed by atoms with van der Waals surface area (Å²) < 4.78 is 1.05. The number of nitrogens with zero attached hydrogens (tertiary/aromatic N) is 1. The number of anilines is 1. The first-order chi connectivity index (χ1) is 12.5. The zero-order chi connectivity index (χ0) is 18.5. The monoisotopic (exact) mass is 389 g/mol. The van der Waals surface area contributed by atoms with Crippen LogP contribution in [-0.4, -0.2) is 24.0 Å². The second-order valence-electron chi connectivity index (χ2n) is 7.17. The van der Waals surface area contributed by atoms with Gasteiger partial charge in [0.1, 0.15) is 0 Å². The molecule has 2 aromatic rings. The number of nitrogens with one attached hydrogen (secondary N) is 2. The summed E-state index contributed by atoms with van der Waals surface area (Å²) in [6, 6.07) is 6.17. The lowest BCUT2D eigenvalue weighted by atomic mass is 9.85. The molecule has 0 spiro atoms. The van der Waals surface area contributed by atoms with Gasteiger partial charge in [-0.2, -0.15) is 0 Å². The average molecular weight is 390 g/mol. The zero-order valence-corrected chi connectivity index (χ0v) is 17.3. The summed E-state index contributed by atoms with van der Waals surface area (Å²) >= 11 is 3.33. The lowest BCUT2D eigenvalue weighted by Gasteiger charge is -2.28.